The Morgan fingerprint density at radius 3 is 2.80 bits per heavy atom. The number of fused-ring (bicyclic) bond motifs is 1. The number of likely N-dealkylation sites (N-methyl/N-ethyl adjacent to an activating group) is 1. The van der Waals surface area contributed by atoms with Crippen molar-refractivity contribution in [1.82, 2.24) is 20.4 Å². The van der Waals surface area contributed by atoms with Gasteiger partial charge in [0.05, 0.1) is 13.2 Å². The third-order valence-electron chi connectivity index (χ3n) is 4.28. The molecule has 2 heterocycles. The number of carbonyl (C=O) groups excluding carboxylic acids is 2. The molecule has 0 bridgehead atoms. The van der Waals surface area contributed by atoms with Crippen LogP contribution in [-0.2, 0) is 16.1 Å². The van der Waals surface area contributed by atoms with Crippen LogP contribution in [0.15, 0.2) is 29.3 Å². The highest BCUT2D eigenvalue weighted by molar-refractivity contribution is 6.31. The quantitative estimate of drug-likeness (QED) is 0.747. The van der Waals surface area contributed by atoms with Gasteiger partial charge in [-0.05, 0) is 11.6 Å². The summed E-state index contributed by atoms with van der Waals surface area (Å²) in [5.41, 5.74) is 0.874. The van der Waals surface area contributed by atoms with E-state index in [0.29, 0.717) is 30.7 Å². The number of carbonyl (C=O) groups is 2. The molecule has 2 aliphatic rings. The molecule has 25 heavy (non-hydrogen) atoms. The number of rotatable bonds is 5. The fourth-order valence-electron chi connectivity index (χ4n) is 2.95. The number of imide groups is 1. The highest BCUT2D eigenvalue weighted by Gasteiger charge is 2.49. The Balaban J connectivity index is 1.92. The van der Waals surface area contributed by atoms with Crippen molar-refractivity contribution in [2.45, 2.75) is 18.8 Å². The van der Waals surface area contributed by atoms with E-state index >= 15 is 0 Å². The number of benzene rings is 1. The molecule has 1 aromatic carbocycles. The minimum atomic E-state index is -0.583. The first kappa shape index (κ1) is 17.5. The molecule has 2 aliphatic heterocycles. The first-order valence-corrected chi connectivity index (χ1v) is 8.28. The zero-order valence-electron chi connectivity index (χ0n) is 14.0. The number of aliphatic imine (C=N–C) groups is 1. The predicted molar refractivity (Wildman–Crippen MR) is 93.2 cm³/mol. The fraction of sp³-hybridized carbons (Fsp3) is 0.438. The second-order valence-electron chi connectivity index (χ2n) is 5.86. The SMILES string of the molecule is COCCN=C1NC2C(C(=O)NC(=O)N2C)N1Cc1ccccc1Cl. The number of nitrogens with one attached hydrogen (secondary N) is 2. The normalized spacial score (nSPS) is 24.4. The number of hydrogen-bond acceptors (Lipinski definition) is 4. The number of methoxy groups -OCH3 is 1. The van der Waals surface area contributed by atoms with Crippen molar-refractivity contribution in [1.29, 1.82) is 0 Å². The van der Waals surface area contributed by atoms with Crippen molar-refractivity contribution in [3.63, 3.8) is 0 Å². The summed E-state index contributed by atoms with van der Waals surface area (Å²) in [7, 11) is 3.24. The van der Waals surface area contributed by atoms with E-state index in [4.69, 9.17) is 16.3 Å². The first-order valence-electron chi connectivity index (χ1n) is 7.90. The first-order chi connectivity index (χ1) is 12.0. The molecule has 0 radical (unpaired) electrons. The van der Waals surface area contributed by atoms with Crippen LogP contribution in [0.25, 0.3) is 0 Å². The Morgan fingerprint density at radius 1 is 1.32 bits per heavy atom. The van der Waals surface area contributed by atoms with Crippen LogP contribution in [0.3, 0.4) is 0 Å². The van der Waals surface area contributed by atoms with Crippen molar-refractivity contribution in [3.05, 3.63) is 34.9 Å². The smallest absolute Gasteiger partial charge is 0.325 e. The summed E-state index contributed by atoms with van der Waals surface area (Å²) in [4.78, 5) is 32.1. The maximum atomic E-state index is 12.4. The third-order valence-corrected chi connectivity index (χ3v) is 4.64. The lowest BCUT2D eigenvalue weighted by Gasteiger charge is -2.35. The summed E-state index contributed by atoms with van der Waals surface area (Å²) >= 11 is 6.27. The molecule has 2 saturated heterocycles. The van der Waals surface area contributed by atoms with Crippen LogP contribution in [0.1, 0.15) is 5.56 Å². The van der Waals surface area contributed by atoms with Gasteiger partial charge in [0.2, 0.25) is 0 Å². The lowest BCUT2D eigenvalue weighted by molar-refractivity contribution is -0.127. The minimum absolute atomic E-state index is 0.357. The van der Waals surface area contributed by atoms with E-state index in [1.165, 1.54) is 4.90 Å². The van der Waals surface area contributed by atoms with Crippen molar-refractivity contribution in [2.24, 2.45) is 4.99 Å². The Bertz CT molecular complexity index is 711. The maximum Gasteiger partial charge on any atom is 0.325 e. The lowest BCUT2D eigenvalue weighted by Crippen LogP contribution is -2.64. The number of amides is 3. The van der Waals surface area contributed by atoms with E-state index in [2.05, 4.69) is 15.6 Å². The molecular weight excluding hydrogens is 346 g/mol. The van der Waals surface area contributed by atoms with Gasteiger partial charge in [-0.15, -0.1) is 0 Å². The standard InChI is InChI=1S/C16H20ClN5O3/c1-21-13-12(14(23)20-16(21)24)22(15(19-13)18-7-8-25-2)9-10-5-3-4-6-11(10)17/h3-6,12-13H,7-9H2,1-2H3,(H,18,19)(H,20,23,24). The molecule has 9 heteroatoms. The molecule has 2 fully saturated rings. The summed E-state index contributed by atoms with van der Waals surface area (Å²) in [5.74, 6) is 0.188. The molecule has 1 aromatic rings. The third kappa shape index (κ3) is 3.40. The maximum absolute atomic E-state index is 12.4. The van der Waals surface area contributed by atoms with Crippen LogP contribution in [0.4, 0.5) is 4.79 Å². The number of halogens is 1. The molecule has 2 N–H and O–H groups in total. The van der Waals surface area contributed by atoms with Crippen LogP contribution in [0.2, 0.25) is 5.02 Å². The summed E-state index contributed by atoms with van der Waals surface area (Å²) < 4.78 is 5.03. The second kappa shape index (κ2) is 7.28. The highest BCUT2D eigenvalue weighted by atomic mass is 35.5. The summed E-state index contributed by atoms with van der Waals surface area (Å²) in [6.07, 6.45) is -0.481. The van der Waals surface area contributed by atoms with Gasteiger partial charge in [-0.25, -0.2) is 4.79 Å². The van der Waals surface area contributed by atoms with Crippen molar-refractivity contribution >= 4 is 29.5 Å². The minimum Gasteiger partial charge on any atom is -0.383 e. The lowest BCUT2D eigenvalue weighted by atomic mass is 10.1. The van der Waals surface area contributed by atoms with Crippen LogP contribution < -0.4 is 10.6 Å². The second-order valence-corrected chi connectivity index (χ2v) is 6.26. The van der Waals surface area contributed by atoms with Gasteiger partial charge in [-0.1, -0.05) is 29.8 Å². The number of hydrogen-bond donors (Lipinski definition) is 2. The molecule has 8 nitrogen and oxygen atoms in total. The van der Waals surface area contributed by atoms with Gasteiger partial charge in [0.25, 0.3) is 5.91 Å². The molecule has 0 saturated carbocycles. The van der Waals surface area contributed by atoms with E-state index in [1.54, 1.807) is 20.2 Å². The van der Waals surface area contributed by atoms with Gasteiger partial charge in [0.1, 0.15) is 6.17 Å². The van der Waals surface area contributed by atoms with Gasteiger partial charge in [0, 0.05) is 25.7 Å². The number of ether oxygens (including phenoxy) is 1. The van der Waals surface area contributed by atoms with Crippen LogP contribution in [0.5, 0.6) is 0 Å². The monoisotopic (exact) mass is 365 g/mol. The van der Waals surface area contributed by atoms with Gasteiger partial charge >= 0.3 is 6.03 Å². The zero-order chi connectivity index (χ0) is 18.0. The molecular formula is C16H20ClN5O3. The average Bonchev–Trinajstić information content (AvgIpc) is 2.94. The van der Waals surface area contributed by atoms with Crippen molar-refractivity contribution < 1.29 is 14.3 Å². The van der Waals surface area contributed by atoms with Gasteiger partial charge in [0.15, 0.2) is 12.0 Å². The molecule has 2 unspecified atom stereocenters. The van der Waals surface area contributed by atoms with E-state index in [0.717, 1.165) is 5.56 Å². The van der Waals surface area contributed by atoms with Crippen molar-refractivity contribution in [2.75, 3.05) is 27.3 Å². The number of urea groups is 1. The van der Waals surface area contributed by atoms with Crippen LogP contribution in [0, 0.1) is 0 Å². The molecule has 3 amide bonds. The Kier molecular flexibility index (Phi) is 5.10. The van der Waals surface area contributed by atoms with Crippen molar-refractivity contribution in [3.8, 4) is 0 Å². The van der Waals surface area contributed by atoms with Gasteiger partial charge < -0.3 is 19.9 Å². The van der Waals surface area contributed by atoms with E-state index < -0.39 is 18.2 Å². The van der Waals surface area contributed by atoms with Gasteiger partial charge in [-0.3, -0.25) is 15.1 Å². The highest BCUT2D eigenvalue weighted by Crippen LogP contribution is 2.25. The summed E-state index contributed by atoms with van der Waals surface area (Å²) in [5, 5.41) is 6.16. The molecule has 134 valence electrons. The van der Waals surface area contributed by atoms with Gasteiger partial charge in [-0.2, -0.15) is 0 Å². The zero-order valence-corrected chi connectivity index (χ0v) is 14.8. The molecule has 2 atom stereocenters. The van der Waals surface area contributed by atoms with Crippen LogP contribution in [-0.4, -0.2) is 67.2 Å². The molecule has 0 aromatic heterocycles. The molecule has 3 rings (SSSR count). The summed E-state index contributed by atoms with van der Waals surface area (Å²) in [6, 6.07) is 6.42. The number of nitrogens with zero attached hydrogens (tertiary/aromatic N) is 3. The fourth-order valence-corrected chi connectivity index (χ4v) is 3.14. The predicted octanol–water partition coefficient (Wildman–Crippen LogP) is 0.624. The Labute approximate surface area is 150 Å². The average molecular weight is 366 g/mol. The molecule has 0 aliphatic carbocycles. The Morgan fingerprint density at radius 2 is 2.08 bits per heavy atom. The Hall–Kier alpha value is -2.32. The summed E-state index contributed by atoms with van der Waals surface area (Å²) in [6.45, 7) is 1.30. The largest absolute Gasteiger partial charge is 0.383 e. The number of guanidine groups is 1. The van der Waals surface area contributed by atoms with E-state index in [-0.39, 0.29) is 5.91 Å². The van der Waals surface area contributed by atoms with E-state index in [9.17, 15) is 9.59 Å². The molecule has 0 spiro atoms. The topological polar surface area (TPSA) is 86.3 Å². The van der Waals surface area contributed by atoms with Crippen LogP contribution >= 0.6 is 11.6 Å². The van der Waals surface area contributed by atoms with E-state index in [1.807, 2.05) is 23.1 Å².